The van der Waals surface area contributed by atoms with Crippen LogP contribution in [-0.4, -0.2) is 24.1 Å². The molecular formula is C13H21N3O3. The van der Waals surface area contributed by atoms with Gasteiger partial charge in [0.1, 0.15) is 5.69 Å². The number of nitrogens with two attached hydrogens (primary N) is 1. The van der Waals surface area contributed by atoms with E-state index in [1.165, 1.54) is 0 Å². The molecule has 0 bridgehead atoms. The highest BCUT2D eigenvalue weighted by atomic mass is 16.6. The molecule has 6 heteroatoms. The Balaban J connectivity index is 3.04. The maximum absolute atomic E-state index is 11.2. The van der Waals surface area contributed by atoms with Crippen LogP contribution in [-0.2, 0) is 0 Å². The predicted molar refractivity (Wildman–Crippen MR) is 75.6 cm³/mol. The molecule has 0 heterocycles. The molecule has 1 aromatic carbocycles. The predicted octanol–water partition coefficient (Wildman–Crippen LogP) is 2.53. The first-order valence-electron chi connectivity index (χ1n) is 6.50. The van der Waals surface area contributed by atoms with Gasteiger partial charge in [-0.1, -0.05) is 19.4 Å². The molecule has 6 nitrogen and oxygen atoms in total. The smallest absolute Gasteiger partial charge is 0.333 e. The standard InChI is InChI=1S/C13H21N3O3/c1-3-6-10(9-14)15-11-7-5-8-12(19-4-2)13(11)16(17)18/h5,7-8,10,15H,3-4,6,9,14H2,1-2H3. The van der Waals surface area contributed by atoms with Crippen LogP contribution in [0, 0.1) is 10.1 Å². The van der Waals surface area contributed by atoms with Crippen molar-refractivity contribution in [2.75, 3.05) is 18.5 Å². The number of para-hydroxylation sites is 1. The van der Waals surface area contributed by atoms with Crippen molar-refractivity contribution in [1.82, 2.24) is 0 Å². The average molecular weight is 267 g/mol. The Labute approximate surface area is 113 Å². The Bertz CT molecular complexity index is 424. The molecule has 3 N–H and O–H groups in total. The van der Waals surface area contributed by atoms with Crippen molar-refractivity contribution in [3.8, 4) is 5.75 Å². The molecule has 0 saturated heterocycles. The van der Waals surface area contributed by atoms with E-state index in [0.717, 1.165) is 12.8 Å². The quantitative estimate of drug-likeness (QED) is 0.558. The van der Waals surface area contributed by atoms with Gasteiger partial charge in [-0.3, -0.25) is 10.1 Å². The number of nitrogens with zero attached hydrogens (tertiary/aromatic N) is 1. The van der Waals surface area contributed by atoms with Gasteiger partial charge in [0, 0.05) is 12.6 Å². The minimum absolute atomic E-state index is 0.0283. The molecule has 0 fully saturated rings. The molecule has 0 aliphatic heterocycles. The number of hydrogen-bond acceptors (Lipinski definition) is 5. The SMILES string of the molecule is CCCC(CN)Nc1cccc(OCC)c1[N+](=O)[O-]. The third kappa shape index (κ3) is 4.10. The third-order valence-corrected chi connectivity index (χ3v) is 2.76. The van der Waals surface area contributed by atoms with Gasteiger partial charge in [0.2, 0.25) is 0 Å². The Morgan fingerprint density at radius 2 is 2.21 bits per heavy atom. The van der Waals surface area contributed by atoms with Crippen LogP contribution in [0.5, 0.6) is 5.75 Å². The number of nitrogens with one attached hydrogen (secondary N) is 1. The second-order valence-electron chi connectivity index (χ2n) is 4.21. The lowest BCUT2D eigenvalue weighted by molar-refractivity contribution is -0.385. The number of nitro groups is 1. The van der Waals surface area contributed by atoms with Gasteiger partial charge in [0.05, 0.1) is 11.5 Å². The lowest BCUT2D eigenvalue weighted by Crippen LogP contribution is -2.28. The van der Waals surface area contributed by atoms with Gasteiger partial charge in [-0.15, -0.1) is 0 Å². The summed E-state index contributed by atoms with van der Waals surface area (Å²) in [7, 11) is 0. The lowest BCUT2D eigenvalue weighted by atomic mass is 10.1. The summed E-state index contributed by atoms with van der Waals surface area (Å²) in [5.74, 6) is 0.282. The van der Waals surface area contributed by atoms with Gasteiger partial charge in [-0.2, -0.15) is 0 Å². The van der Waals surface area contributed by atoms with E-state index in [1.807, 2.05) is 0 Å². The summed E-state index contributed by atoms with van der Waals surface area (Å²) in [4.78, 5) is 10.8. The number of rotatable bonds is 8. The van der Waals surface area contributed by atoms with Gasteiger partial charge in [-0.25, -0.2) is 0 Å². The molecule has 0 aliphatic carbocycles. The Hall–Kier alpha value is -1.82. The number of ether oxygens (including phenoxy) is 1. The van der Waals surface area contributed by atoms with E-state index in [9.17, 15) is 10.1 Å². The molecule has 0 aromatic heterocycles. The maximum atomic E-state index is 11.2. The first kappa shape index (κ1) is 15.2. The van der Waals surface area contributed by atoms with Crippen LogP contribution in [0.4, 0.5) is 11.4 Å². The summed E-state index contributed by atoms with van der Waals surface area (Å²) < 4.78 is 5.30. The summed E-state index contributed by atoms with van der Waals surface area (Å²) >= 11 is 0. The third-order valence-electron chi connectivity index (χ3n) is 2.76. The molecule has 1 rings (SSSR count). The largest absolute Gasteiger partial charge is 0.487 e. The van der Waals surface area contributed by atoms with Crippen molar-refractivity contribution in [3.05, 3.63) is 28.3 Å². The second-order valence-corrected chi connectivity index (χ2v) is 4.21. The highest BCUT2D eigenvalue weighted by Crippen LogP contribution is 2.35. The van der Waals surface area contributed by atoms with E-state index in [-0.39, 0.29) is 17.5 Å². The first-order valence-corrected chi connectivity index (χ1v) is 6.50. The van der Waals surface area contributed by atoms with Crippen LogP contribution in [0.1, 0.15) is 26.7 Å². The zero-order valence-electron chi connectivity index (χ0n) is 11.4. The van der Waals surface area contributed by atoms with Crippen LogP contribution in [0.25, 0.3) is 0 Å². The lowest BCUT2D eigenvalue weighted by Gasteiger charge is -2.18. The van der Waals surface area contributed by atoms with Crippen molar-refractivity contribution in [2.45, 2.75) is 32.7 Å². The topological polar surface area (TPSA) is 90.4 Å². The van der Waals surface area contributed by atoms with Crippen molar-refractivity contribution in [3.63, 3.8) is 0 Å². The number of benzene rings is 1. The summed E-state index contributed by atoms with van der Waals surface area (Å²) in [5.41, 5.74) is 6.10. The minimum Gasteiger partial charge on any atom is -0.487 e. The second kappa shape index (κ2) is 7.58. The minimum atomic E-state index is -0.424. The Morgan fingerprint density at radius 3 is 2.74 bits per heavy atom. The molecule has 0 amide bonds. The van der Waals surface area contributed by atoms with E-state index in [4.69, 9.17) is 10.5 Å². The monoisotopic (exact) mass is 267 g/mol. The molecule has 1 aromatic rings. The molecule has 0 radical (unpaired) electrons. The fraction of sp³-hybridized carbons (Fsp3) is 0.538. The summed E-state index contributed by atoms with van der Waals surface area (Å²) in [6.07, 6.45) is 1.83. The first-order chi connectivity index (χ1) is 9.13. The van der Waals surface area contributed by atoms with Crippen molar-refractivity contribution in [2.24, 2.45) is 5.73 Å². The van der Waals surface area contributed by atoms with Crippen LogP contribution in [0.2, 0.25) is 0 Å². The Morgan fingerprint density at radius 1 is 1.47 bits per heavy atom. The highest BCUT2D eigenvalue weighted by molar-refractivity contribution is 5.68. The fourth-order valence-corrected chi connectivity index (χ4v) is 1.92. The van der Waals surface area contributed by atoms with Gasteiger partial charge < -0.3 is 15.8 Å². The van der Waals surface area contributed by atoms with E-state index in [2.05, 4.69) is 12.2 Å². The van der Waals surface area contributed by atoms with Crippen molar-refractivity contribution >= 4 is 11.4 Å². The molecule has 0 saturated carbocycles. The average Bonchev–Trinajstić information content (AvgIpc) is 2.38. The van der Waals surface area contributed by atoms with E-state index >= 15 is 0 Å². The fourth-order valence-electron chi connectivity index (χ4n) is 1.92. The van der Waals surface area contributed by atoms with Gasteiger partial charge in [0.25, 0.3) is 0 Å². The Kier molecular flexibility index (Phi) is 6.08. The summed E-state index contributed by atoms with van der Waals surface area (Å²) in [6.45, 7) is 4.67. The summed E-state index contributed by atoms with van der Waals surface area (Å²) in [5, 5.41) is 14.3. The van der Waals surface area contributed by atoms with Crippen molar-refractivity contribution < 1.29 is 9.66 Å². The van der Waals surface area contributed by atoms with E-state index in [1.54, 1.807) is 25.1 Å². The molecule has 1 atom stereocenters. The van der Waals surface area contributed by atoms with Gasteiger partial charge in [-0.05, 0) is 25.5 Å². The number of hydrogen-bond donors (Lipinski definition) is 2. The van der Waals surface area contributed by atoms with Gasteiger partial charge >= 0.3 is 5.69 Å². The molecular weight excluding hydrogens is 246 g/mol. The van der Waals surface area contributed by atoms with E-state index < -0.39 is 4.92 Å². The van der Waals surface area contributed by atoms with Crippen LogP contribution in [0.15, 0.2) is 18.2 Å². The molecule has 0 spiro atoms. The molecule has 1 unspecified atom stereocenters. The number of nitro benzene ring substituents is 1. The normalized spacial score (nSPS) is 11.9. The van der Waals surface area contributed by atoms with E-state index in [0.29, 0.717) is 18.8 Å². The maximum Gasteiger partial charge on any atom is 0.333 e. The zero-order chi connectivity index (χ0) is 14.3. The van der Waals surface area contributed by atoms with Crippen molar-refractivity contribution in [1.29, 1.82) is 0 Å². The highest BCUT2D eigenvalue weighted by Gasteiger charge is 2.22. The van der Waals surface area contributed by atoms with Gasteiger partial charge in [0.15, 0.2) is 5.75 Å². The van der Waals surface area contributed by atoms with Crippen LogP contribution >= 0.6 is 0 Å². The molecule has 106 valence electrons. The molecule has 19 heavy (non-hydrogen) atoms. The van der Waals surface area contributed by atoms with Crippen LogP contribution in [0.3, 0.4) is 0 Å². The number of anilines is 1. The molecule has 0 aliphatic rings. The van der Waals surface area contributed by atoms with Crippen LogP contribution < -0.4 is 15.8 Å². The zero-order valence-corrected chi connectivity index (χ0v) is 11.4. The summed E-state index contributed by atoms with van der Waals surface area (Å²) in [6, 6.07) is 5.05.